The molecule has 0 radical (unpaired) electrons. The summed E-state index contributed by atoms with van der Waals surface area (Å²) >= 11 is 0. The molecule has 3 nitrogen and oxygen atoms in total. The molecule has 0 bridgehead atoms. The molecule has 1 aliphatic rings. The van der Waals surface area contributed by atoms with Crippen molar-refractivity contribution in [3.8, 4) is 33.4 Å². The Bertz CT molecular complexity index is 2430. The summed E-state index contributed by atoms with van der Waals surface area (Å²) in [5.74, 6) is 0.852. The van der Waals surface area contributed by atoms with Crippen LogP contribution >= 0.6 is 0 Å². The van der Waals surface area contributed by atoms with Gasteiger partial charge in [0.05, 0.1) is 6.04 Å². The number of pyridine rings is 1. The maximum atomic E-state index is 5.33. The van der Waals surface area contributed by atoms with Gasteiger partial charge in [-0.2, -0.15) is 0 Å². The summed E-state index contributed by atoms with van der Waals surface area (Å²) < 4.78 is 0. The number of aliphatic imine (C=N–C) groups is 1. The van der Waals surface area contributed by atoms with Crippen molar-refractivity contribution in [2.75, 3.05) is 0 Å². The van der Waals surface area contributed by atoms with Crippen LogP contribution in [0, 0.1) is 0 Å². The highest BCUT2D eigenvalue weighted by Gasteiger charge is 2.20. The summed E-state index contributed by atoms with van der Waals surface area (Å²) in [6.45, 7) is 0. The fourth-order valence-corrected chi connectivity index (χ4v) is 7.03. The van der Waals surface area contributed by atoms with Crippen molar-refractivity contribution in [1.29, 1.82) is 0 Å². The van der Waals surface area contributed by atoms with Crippen molar-refractivity contribution in [1.82, 2.24) is 10.3 Å². The van der Waals surface area contributed by atoms with Gasteiger partial charge in [0.25, 0.3) is 0 Å². The quantitative estimate of drug-likeness (QED) is 0.184. The molecule has 3 heteroatoms. The van der Waals surface area contributed by atoms with Crippen LogP contribution in [0.2, 0.25) is 0 Å². The maximum Gasteiger partial charge on any atom is 0.133 e. The number of amidine groups is 1. The van der Waals surface area contributed by atoms with Crippen molar-refractivity contribution in [3.63, 3.8) is 0 Å². The fourth-order valence-electron chi connectivity index (χ4n) is 7.03. The first-order chi connectivity index (χ1) is 24.8. The molecule has 0 spiro atoms. The van der Waals surface area contributed by atoms with E-state index in [-0.39, 0.29) is 6.04 Å². The Morgan fingerprint density at radius 3 is 1.84 bits per heavy atom. The van der Waals surface area contributed by atoms with Crippen LogP contribution in [0.4, 0.5) is 0 Å². The first kappa shape index (κ1) is 29.6. The second-order valence-electron chi connectivity index (χ2n) is 12.7. The molecule has 2 heterocycles. The largest absolute Gasteiger partial charge is 0.340 e. The Hall–Kier alpha value is -6.58. The van der Waals surface area contributed by atoms with E-state index < -0.39 is 0 Å². The molecular weight excluding hydrogens is 607 g/mol. The van der Waals surface area contributed by atoms with Crippen molar-refractivity contribution in [2.24, 2.45) is 4.99 Å². The molecule has 50 heavy (non-hydrogen) atoms. The van der Waals surface area contributed by atoms with E-state index in [1.165, 1.54) is 43.8 Å². The van der Waals surface area contributed by atoms with E-state index in [9.17, 15) is 0 Å². The van der Waals surface area contributed by atoms with Crippen molar-refractivity contribution >= 4 is 33.1 Å². The predicted molar refractivity (Wildman–Crippen MR) is 209 cm³/mol. The zero-order valence-electron chi connectivity index (χ0n) is 27.4. The number of fused-ring (bicyclic) bond motifs is 3. The number of hydrogen-bond donors (Lipinski definition) is 1. The molecule has 0 amide bonds. The number of aromatic nitrogens is 1. The molecule has 1 unspecified atom stereocenters. The van der Waals surface area contributed by atoms with Crippen molar-refractivity contribution in [3.05, 3.63) is 205 Å². The molecular formula is C47H33N3. The predicted octanol–water partition coefficient (Wildman–Crippen LogP) is 11.5. The molecule has 0 aliphatic carbocycles. The molecule has 9 rings (SSSR count). The number of benzene rings is 7. The van der Waals surface area contributed by atoms with Crippen molar-refractivity contribution < 1.29 is 0 Å². The van der Waals surface area contributed by atoms with Gasteiger partial charge < -0.3 is 5.32 Å². The van der Waals surface area contributed by atoms with Gasteiger partial charge in [0.1, 0.15) is 5.84 Å². The Balaban J connectivity index is 1.13. The summed E-state index contributed by atoms with van der Waals surface area (Å²) in [5.41, 5.74) is 11.3. The Morgan fingerprint density at radius 2 is 1.06 bits per heavy atom. The highest BCUT2D eigenvalue weighted by molar-refractivity contribution is 6.13. The molecule has 1 atom stereocenters. The summed E-state index contributed by atoms with van der Waals surface area (Å²) in [6, 6.07) is 60.3. The third-order valence-electron chi connectivity index (χ3n) is 9.61. The van der Waals surface area contributed by atoms with Gasteiger partial charge in [0, 0.05) is 23.7 Å². The maximum absolute atomic E-state index is 5.33. The number of hydrogen-bond acceptors (Lipinski definition) is 3. The average molecular weight is 640 g/mol. The third-order valence-corrected chi connectivity index (χ3v) is 9.61. The van der Waals surface area contributed by atoms with Crippen LogP contribution in [-0.2, 0) is 0 Å². The summed E-state index contributed by atoms with van der Waals surface area (Å²) in [6.07, 6.45) is 5.96. The molecule has 0 saturated carbocycles. The molecule has 1 aromatic heterocycles. The Kier molecular flexibility index (Phi) is 7.56. The minimum absolute atomic E-state index is 0.181. The van der Waals surface area contributed by atoms with Gasteiger partial charge in [-0.3, -0.25) is 9.98 Å². The minimum Gasteiger partial charge on any atom is -0.340 e. The first-order valence-corrected chi connectivity index (χ1v) is 17.0. The van der Waals surface area contributed by atoms with Crippen LogP contribution in [0.5, 0.6) is 0 Å². The zero-order chi connectivity index (χ0) is 33.3. The summed E-state index contributed by atoms with van der Waals surface area (Å²) in [4.78, 5) is 9.64. The van der Waals surface area contributed by atoms with Crippen LogP contribution in [0.15, 0.2) is 193 Å². The lowest BCUT2D eigenvalue weighted by atomic mass is 9.91. The van der Waals surface area contributed by atoms with E-state index in [1.54, 1.807) is 6.20 Å². The minimum atomic E-state index is -0.181. The SMILES string of the molecule is C1=C(c2ccc(-c3cccnc3)cc2)NC(c2ccc(-c3ccccc3)cc2)=NC1c1cccc(-c2cc3ccccc3c3ccccc23)c1. The number of nitrogens with one attached hydrogen (secondary N) is 1. The average Bonchev–Trinajstić information content (AvgIpc) is 3.21. The summed E-state index contributed by atoms with van der Waals surface area (Å²) in [7, 11) is 0. The monoisotopic (exact) mass is 639 g/mol. The highest BCUT2D eigenvalue weighted by Crippen LogP contribution is 2.37. The standard InChI is InChI=1S/C47H33N3/c1-2-10-32(11-3-1)33-21-25-36(26-22-33)47-49-45(35-23-19-34(20-24-35)40-15-9-27-48-31-40)30-46(50-47)39-14-8-13-37(28-39)44-29-38-12-4-5-16-41(38)42-17-6-7-18-43(42)44/h1-31,46H,(H,49,50). The lowest BCUT2D eigenvalue weighted by molar-refractivity contribution is 0.881. The van der Waals surface area contributed by atoms with Gasteiger partial charge >= 0.3 is 0 Å². The molecule has 236 valence electrons. The van der Waals surface area contributed by atoms with Crippen LogP contribution in [0.1, 0.15) is 22.7 Å². The zero-order valence-corrected chi connectivity index (χ0v) is 27.4. The van der Waals surface area contributed by atoms with E-state index in [0.717, 1.165) is 39.3 Å². The number of nitrogens with zero attached hydrogens (tertiary/aromatic N) is 2. The first-order valence-electron chi connectivity index (χ1n) is 17.0. The van der Waals surface area contributed by atoms with Crippen LogP contribution in [0.25, 0.3) is 60.6 Å². The normalized spacial score (nSPS) is 14.2. The second-order valence-corrected chi connectivity index (χ2v) is 12.7. The molecule has 0 saturated heterocycles. The highest BCUT2D eigenvalue weighted by atomic mass is 15.0. The van der Waals surface area contributed by atoms with Gasteiger partial charge in [-0.25, -0.2) is 0 Å². The van der Waals surface area contributed by atoms with Gasteiger partial charge in [-0.15, -0.1) is 0 Å². The lowest BCUT2D eigenvalue weighted by Gasteiger charge is -2.24. The number of rotatable bonds is 6. The Labute approximate surface area is 292 Å². The molecule has 1 N–H and O–H groups in total. The van der Waals surface area contributed by atoms with Gasteiger partial charge in [-0.05, 0) is 90.3 Å². The summed E-state index contributed by atoms with van der Waals surface area (Å²) in [5, 5.41) is 8.73. The Morgan fingerprint density at radius 1 is 0.440 bits per heavy atom. The topological polar surface area (TPSA) is 37.3 Å². The van der Waals surface area contributed by atoms with Crippen molar-refractivity contribution in [2.45, 2.75) is 6.04 Å². The van der Waals surface area contributed by atoms with Crippen LogP contribution in [0.3, 0.4) is 0 Å². The van der Waals surface area contributed by atoms with Gasteiger partial charge in [-0.1, -0.05) is 152 Å². The molecule has 7 aromatic carbocycles. The van der Waals surface area contributed by atoms with Crippen LogP contribution < -0.4 is 5.32 Å². The third kappa shape index (κ3) is 5.65. The fraction of sp³-hybridized carbons (Fsp3) is 0.0213. The van der Waals surface area contributed by atoms with Gasteiger partial charge in [0.2, 0.25) is 0 Å². The smallest absolute Gasteiger partial charge is 0.133 e. The van der Waals surface area contributed by atoms with E-state index >= 15 is 0 Å². The van der Waals surface area contributed by atoms with E-state index in [1.807, 2.05) is 18.3 Å². The second kappa shape index (κ2) is 12.8. The lowest BCUT2D eigenvalue weighted by Crippen LogP contribution is -2.27. The van der Waals surface area contributed by atoms with Crippen LogP contribution in [-0.4, -0.2) is 10.8 Å². The molecule has 0 fully saturated rings. The molecule has 1 aliphatic heterocycles. The molecule has 8 aromatic rings. The van der Waals surface area contributed by atoms with Gasteiger partial charge in [0.15, 0.2) is 0 Å². The van der Waals surface area contributed by atoms with E-state index in [0.29, 0.717) is 0 Å². The van der Waals surface area contributed by atoms with E-state index in [4.69, 9.17) is 4.99 Å². The van der Waals surface area contributed by atoms with E-state index in [2.05, 4.69) is 174 Å².